The molecule has 4 N–H and O–H groups in total. The van der Waals surface area contributed by atoms with Gasteiger partial charge in [-0.1, -0.05) is 5.16 Å². The first kappa shape index (κ1) is 11.7. The number of carbonyl (C=O) groups excluding carboxylic acids is 1. The van der Waals surface area contributed by atoms with E-state index in [1.54, 1.807) is 36.4 Å². The van der Waals surface area contributed by atoms with Crippen LogP contribution >= 0.6 is 0 Å². The second-order valence-electron chi connectivity index (χ2n) is 3.49. The van der Waals surface area contributed by atoms with Gasteiger partial charge in [0.2, 0.25) is 0 Å². The van der Waals surface area contributed by atoms with Crippen molar-refractivity contribution in [2.24, 2.45) is 10.9 Å². The van der Waals surface area contributed by atoms with Crippen LogP contribution in [0.3, 0.4) is 0 Å². The minimum absolute atomic E-state index is 0.0129. The highest BCUT2D eigenvalue weighted by molar-refractivity contribution is 6.02. The third-order valence-electron chi connectivity index (χ3n) is 2.29. The van der Waals surface area contributed by atoms with E-state index in [-0.39, 0.29) is 17.5 Å². The number of nitrogens with one attached hydrogen (secondary N) is 1. The van der Waals surface area contributed by atoms with E-state index in [1.165, 1.54) is 6.26 Å². The predicted octanol–water partition coefficient (Wildman–Crippen LogP) is 1.63. The van der Waals surface area contributed by atoms with Crippen LogP contribution in [0, 0.1) is 0 Å². The molecule has 0 aliphatic carbocycles. The maximum absolute atomic E-state index is 11.7. The first-order valence-electron chi connectivity index (χ1n) is 5.13. The number of hydrogen-bond acceptors (Lipinski definition) is 4. The second kappa shape index (κ2) is 5.05. The molecule has 6 nitrogen and oxygen atoms in total. The highest BCUT2D eigenvalue weighted by Crippen LogP contribution is 2.11. The second-order valence-corrected chi connectivity index (χ2v) is 3.49. The van der Waals surface area contributed by atoms with Crippen LogP contribution in [0.2, 0.25) is 0 Å². The van der Waals surface area contributed by atoms with Crippen molar-refractivity contribution in [1.29, 1.82) is 0 Å². The van der Waals surface area contributed by atoms with Gasteiger partial charge in [0.25, 0.3) is 5.91 Å². The molecule has 0 bridgehead atoms. The van der Waals surface area contributed by atoms with Gasteiger partial charge in [-0.3, -0.25) is 4.79 Å². The first-order valence-corrected chi connectivity index (χ1v) is 5.13. The number of furan rings is 1. The summed E-state index contributed by atoms with van der Waals surface area (Å²) >= 11 is 0. The fourth-order valence-corrected chi connectivity index (χ4v) is 1.38. The van der Waals surface area contributed by atoms with Crippen LogP contribution in [0.1, 0.15) is 16.1 Å². The van der Waals surface area contributed by atoms with Crippen molar-refractivity contribution in [3.05, 3.63) is 54.0 Å². The molecule has 1 aromatic carbocycles. The Balaban J connectivity index is 2.09. The number of nitrogens with zero attached hydrogens (tertiary/aromatic N) is 1. The number of amidine groups is 1. The van der Waals surface area contributed by atoms with Crippen molar-refractivity contribution < 1.29 is 14.4 Å². The molecule has 2 aromatic rings. The summed E-state index contributed by atoms with van der Waals surface area (Å²) < 4.78 is 4.96. The molecular formula is C12H11N3O3. The van der Waals surface area contributed by atoms with Crippen molar-refractivity contribution >= 4 is 17.4 Å². The minimum atomic E-state index is -0.337. The van der Waals surface area contributed by atoms with E-state index >= 15 is 0 Å². The molecule has 0 saturated carbocycles. The third-order valence-corrected chi connectivity index (χ3v) is 2.29. The number of nitrogens with two attached hydrogens (primary N) is 1. The van der Waals surface area contributed by atoms with E-state index in [0.29, 0.717) is 11.3 Å². The average Bonchev–Trinajstić information content (AvgIpc) is 2.92. The number of anilines is 1. The van der Waals surface area contributed by atoms with Crippen molar-refractivity contribution in [2.45, 2.75) is 0 Å². The van der Waals surface area contributed by atoms with Crippen molar-refractivity contribution in [3.63, 3.8) is 0 Å². The van der Waals surface area contributed by atoms with Crippen LogP contribution in [-0.2, 0) is 0 Å². The summed E-state index contributed by atoms with van der Waals surface area (Å²) in [5.74, 6) is -0.0917. The number of carbonyl (C=O) groups is 1. The van der Waals surface area contributed by atoms with E-state index in [0.717, 1.165) is 0 Å². The number of amides is 1. The normalized spacial score (nSPS) is 11.2. The van der Waals surface area contributed by atoms with Crippen molar-refractivity contribution in [3.8, 4) is 0 Å². The zero-order valence-corrected chi connectivity index (χ0v) is 9.33. The number of benzene rings is 1. The van der Waals surface area contributed by atoms with E-state index in [2.05, 4.69) is 10.5 Å². The van der Waals surface area contributed by atoms with Gasteiger partial charge < -0.3 is 20.7 Å². The van der Waals surface area contributed by atoms with Gasteiger partial charge in [0.05, 0.1) is 6.26 Å². The van der Waals surface area contributed by atoms with Gasteiger partial charge in [-0.05, 0) is 36.4 Å². The molecule has 0 unspecified atom stereocenters. The molecule has 1 amide bonds. The van der Waals surface area contributed by atoms with Crippen molar-refractivity contribution in [1.82, 2.24) is 0 Å². The largest absolute Gasteiger partial charge is 0.459 e. The van der Waals surface area contributed by atoms with Gasteiger partial charge in [0.1, 0.15) is 0 Å². The van der Waals surface area contributed by atoms with E-state index < -0.39 is 0 Å². The zero-order chi connectivity index (χ0) is 13.0. The standard InChI is InChI=1S/C12H11N3O3/c13-11(15-17)8-3-5-9(6-4-8)14-12(16)10-2-1-7-18-10/h1-7,17H,(H2,13,15)(H,14,16). The minimum Gasteiger partial charge on any atom is -0.459 e. The SMILES string of the molecule is N/C(=N/O)c1ccc(NC(=O)c2ccco2)cc1. The zero-order valence-electron chi connectivity index (χ0n) is 9.33. The van der Waals surface area contributed by atoms with Gasteiger partial charge in [-0.15, -0.1) is 0 Å². The molecule has 0 fully saturated rings. The first-order chi connectivity index (χ1) is 8.70. The Labute approximate surface area is 103 Å². The van der Waals surface area contributed by atoms with Crippen LogP contribution in [0.15, 0.2) is 52.2 Å². The lowest BCUT2D eigenvalue weighted by molar-refractivity contribution is 0.0996. The number of rotatable bonds is 3. The van der Waals surface area contributed by atoms with Crippen LogP contribution in [0.4, 0.5) is 5.69 Å². The van der Waals surface area contributed by atoms with Crippen molar-refractivity contribution in [2.75, 3.05) is 5.32 Å². The van der Waals surface area contributed by atoms with Crippen LogP contribution < -0.4 is 11.1 Å². The topological polar surface area (TPSA) is 101 Å². The number of hydrogen-bond donors (Lipinski definition) is 3. The third kappa shape index (κ3) is 2.49. The smallest absolute Gasteiger partial charge is 0.291 e. The summed E-state index contributed by atoms with van der Waals surface area (Å²) in [5.41, 5.74) is 6.57. The average molecular weight is 245 g/mol. The molecule has 1 aromatic heterocycles. The molecule has 0 radical (unpaired) electrons. The van der Waals surface area contributed by atoms with E-state index in [4.69, 9.17) is 15.4 Å². The monoisotopic (exact) mass is 245 g/mol. The Morgan fingerprint density at radius 1 is 1.28 bits per heavy atom. The molecular weight excluding hydrogens is 234 g/mol. The molecule has 0 aliphatic rings. The highest BCUT2D eigenvalue weighted by atomic mass is 16.4. The molecule has 0 atom stereocenters. The van der Waals surface area contributed by atoms with Gasteiger partial charge in [0, 0.05) is 11.3 Å². The summed E-state index contributed by atoms with van der Waals surface area (Å²) in [4.78, 5) is 11.7. The lowest BCUT2D eigenvalue weighted by atomic mass is 10.2. The van der Waals surface area contributed by atoms with Crippen LogP contribution in [0.5, 0.6) is 0 Å². The lowest BCUT2D eigenvalue weighted by Crippen LogP contribution is -2.14. The Kier molecular flexibility index (Phi) is 3.29. The lowest BCUT2D eigenvalue weighted by Gasteiger charge is -2.04. The Morgan fingerprint density at radius 3 is 2.56 bits per heavy atom. The Hall–Kier alpha value is -2.76. The summed E-state index contributed by atoms with van der Waals surface area (Å²) in [6.07, 6.45) is 1.43. The van der Waals surface area contributed by atoms with E-state index in [1.807, 2.05) is 0 Å². The summed E-state index contributed by atoms with van der Waals surface area (Å²) in [7, 11) is 0. The van der Waals surface area contributed by atoms with Crippen LogP contribution in [-0.4, -0.2) is 17.0 Å². The maximum Gasteiger partial charge on any atom is 0.291 e. The predicted molar refractivity (Wildman–Crippen MR) is 65.6 cm³/mol. The highest BCUT2D eigenvalue weighted by Gasteiger charge is 2.08. The molecule has 0 aliphatic heterocycles. The Morgan fingerprint density at radius 2 is 2.00 bits per heavy atom. The van der Waals surface area contributed by atoms with E-state index in [9.17, 15) is 4.79 Å². The van der Waals surface area contributed by atoms with Gasteiger partial charge >= 0.3 is 0 Å². The molecule has 0 spiro atoms. The Bertz CT molecular complexity index is 559. The summed E-state index contributed by atoms with van der Waals surface area (Å²) in [6, 6.07) is 9.76. The molecule has 0 saturated heterocycles. The van der Waals surface area contributed by atoms with Gasteiger partial charge in [0.15, 0.2) is 11.6 Å². The van der Waals surface area contributed by atoms with Gasteiger partial charge in [-0.25, -0.2) is 0 Å². The molecule has 92 valence electrons. The summed E-state index contributed by atoms with van der Waals surface area (Å²) in [6.45, 7) is 0. The maximum atomic E-state index is 11.7. The summed E-state index contributed by atoms with van der Waals surface area (Å²) in [5, 5.41) is 14.0. The fourth-order valence-electron chi connectivity index (χ4n) is 1.38. The fraction of sp³-hybridized carbons (Fsp3) is 0. The number of oxime groups is 1. The van der Waals surface area contributed by atoms with Gasteiger partial charge in [-0.2, -0.15) is 0 Å². The molecule has 2 rings (SSSR count). The van der Waals surface area contributed by atoms with Crippen LogP contribution in [0.25, 0.3) is 0 Å². The molecule has 1 heterocycles. The molecule has 6 heteroatoms. The molecule has 18 heavy (non-hydrogen) atoms. The quantitative estimate of drug-likeness (QED) is 0.331.